The highest BCUT2D eigenvalue weighted by atomic mass is 35.5. The molecule has 0 atom stereocenters. The van der Waals surface area contributed by atoms with Gasteiger partial charge in [-0.25, -0.2) is 0 Å². The smallest absolute Gasteiger partial charge is 0.306 e. The van der Waals surface area contributed by atoms with Gasteiger partial charge in [-0.1, -0.05) is 41.9 Å². The second-order valence-corrected chi connectivity index (χ2v) is 6.58. The molecule has 0 bridgehead atoms. The Hall–Kier alpha value is -2.92. The zero-order valence-electron chi connectivity index (χ0n) is 14.9. The third kappa shape index (κ3) is 5.28. The van der Waals surface area contributed by atoms with Gasteiger partial charge in [0.15, 0.2) is 6.61 Å². The standard InChI is InChI=1S/C21H19ClN2O3/c1-14-6-8-17(12-18(14)22)24-20(25)13-27-21(26)11-10-16-9-7-15-4-2-3-5-19(15)23-16/h2-9,12H,10-11,13H2,1H3,(H,24,25). The van der Waals surface area contributed by atoms with E-state index in [1.807, 2.05) is 43.3 Å². The van der Waals surface area contributed by atoms with Crippen molar-refractivity contribution in [1.82, 2.24) is 4.98 Å². The van der Waals surface area contributed by atoms with Crippen LogP contribution in [0, 0.1) is 6.92 Å². The lowest BCUT2D eigenvalue weighted by Crippen LogP contribution is -2.21. The first kappa shape index (κ1) is 18.9. The highest BCUT2D eigenvalue weighted by Crippen LogP contribution is 2.19. The number of halogens is 1. The fraction of sp³-hybridized carbons (Fsp3) is 0.190. The van der Waals surface area contributed by atoms with E-state index >= 15 is 0 Å². The van der Waals surface area contributed by atoms with Crippen molar-refractivity contribution in [1.29, 1.82) is 0 Å². The van der Waals surface area contributed by atoms with Crippen LogP contribution < -0.4 is 5.32 Å². The number of aromatic nitrogens is 1. The van der Waals surface area contributed by atoms with Crippen LogP contribution >= 0.6 is 11.6 Å². The van der Waals surface area contributed by atoms with Gasteiger partial charge in [0, 0.05) is 28.2 Å². The molecule has 0 fully saturated rings. The van der Waals surface area contributed by atoms with E-state index in [0.717, 1.165) is 22.2 Å². The van der Waals surface area contributed by atoms with E-state index in [9.17, 15) is 9.59 Å². The first-order valence-electron chi connectivity index (χ1n) is 8.57. The molecule has 1 amide bonds. The Morgan fingerprint density at radius 3 is 2.74 bits per heavy atom. The maximum absolute atomic E-state index is 11.9. The lowest BCUT2D eigenvalue weighted by Gasteiger charge is -2.08. The van der Waals surface area contributed by atoms with Gasteiger partial charge in [0.25, 0.3) is 5.91 Å². The summed E-state index contributed by atoms with van der Waals surface area (Å²) >= 11 is 6.02. The molecule has 0 unspecified atom stereocenters. The number of benzene rings is 2. The molecule has 1 aromatic heterocycles. The minimum absolute atomic E-state index is 0.162. The molecule has 0 saturated carbocycles. The number of amides is 1. The van der Waals surface area contributed by atoms with E-state index in [2.05, 4.69) is 10.3 Å². The maximum atomic E-state index is 11.9. The van der Waals surface area contributed by atoms with Crippen molar-refractivity contribution >= 4 is 40.1 Å². The molecule has 5 nitrogen and oxygen atoms in total. The highest BCUT2D eigenvalue weighted by Gasteiger charge is 2.10. The van der Waals surface area contributed by atoms with Crippen LogP contribution in [0.2, 0.25) is 5.02 Å². The summed E-state index contributed by atoms with van der Waals surface area (Å²) in [5.74, 6) is -0.853. The predicted octanol–water partition coefficient (Wildman–Crippen LogP) is 4.31. The van der Waals surface area contributed by atoms with Crippen LogP contribution in [-0.4, -0.2) is 23.5 Å². The predicted molar refractivity (Wildman–Crippen MR) is 106 cm³/mol. The monoisotopic (exact) mass is 382 g/mol. The summed E-state index contributed by atoms with van der Waals surface area (Å²) in [6.45, 7) is 1.54. The van der Waals surface area contributed by atoms with Gasteiger partial charge in [0.2, 0.25) is 0 Å². The zero-order valence-corrected chi connectivity index (χ0v) is 15.6. The first-order chi connectivity index (χ1) is 13.0. The molecule has 27 heavy (non-hydrogen) atoms. The second kappa shape index (κ2) is 8.64. The fourth-order valence-corrected chi connectivity index (χ4v) is 2.74. The first-order valence-corrected chi connectivity index (χ1v) is 8.95. The average molecular weight is 383 g/mol. The number of rotatable bonds is 6. The molecule has 3 rings (SSSR count). The number of aryl methyl sites for hydroxylation is 2. The normalized spacial score (nSPS) is 10.6. The summed E-state index contributed by atoms with van der Waals surface area (Å²) in [4.78, 5) is 28.3. The van der Waals surface area contributed by atoms with Crippen LogP contribution in [0.5, 0.6) is 0 Å². The number of pyridine rings is 1. The third-order valence-electron chi connectivity index (χ3n) is 4.06. The van der Waals surface area contributed by atoms with Crippen molar-refractivity contribution in [2.24, 2.45) is 0 Å². The minimum Gasteiger partial charge on any atom is -0.456 e. The van der Waals surface area contributed by atoms with E-state index in [-0.39, 0.29) is 13.0 Å². The summed E-state index contributed by atoms with van der Waals surface area (Å²) in [6.07, 6.45) is 0.619. The summed E-state index contributed by atoms with van der Waals surface area (Å²) in [5, 5.41) is 4.26. The molecule has 0 radical (unpaired) electrons. The van der Waals surface area contributed by atoms with Crippen LogP contribution in [0.4, 0.5) is 5.69 Å². The fourth-order valence-electron chi connectivity index (χ4n) is 2.56. The molecule has 138 valence electrons. The molecular formula is C21H19ClN2O3. The number of carbonyl (C=O) groups excluding carboxylic acids is 2. The Balaban J connectivity index is 1.45. The Morgan fingerprint density at radius 2 is 1.93 bits per heavy atom. The molecule has 0 aliphatic carbocycles. The summed E-state index contributed by atoms with van der Waals surface area (Å²) < 4.78 is 5.03. The Bertz CT molecular complexity index is 988. The summed E-state index contributed by atoms with van der Waals surface area (Å²) in [6, 6.07) is 16.9. The lowest BCUT2D eigenvalue weighted by molar-refractivity contribution is -0.147. The molecule has 1 N–H and O–H groups in total. The van der Waals surface area contributed by atoms with Crippen molar-refractivity contribution in [2.75, 3.05) is 11.9 Å². The van der Waals surface area contributed by atoms with Crippen LogP contribution in [0.15, 0.2) is 54.6 Å². The van der Waals surface area contributed by atoms with E-state index < -0.39 is 11.9 Å². The number of fused-ring (bicyclic) bond motifs is 1. The van der Waals surface area contributed by atoms with Crippen LogP contribution in [-0.2, 0) is 20.7 Å². The van der Waals surface area contributed by atoms with Gasteiger partial charge in [-0.3, -0.25) is 14.6 Å². The molecule has 0 spiro atoms. The highest BCUT2D eigenvalue weighted by molar-refractivity contribution is 6.31. The molecule has 2 aromatic carbocycles. The third-order valence-corrected chi connectivity index (χ3v) is 4.47. The van der Waals surface area contributed by atoms with Gasteiger partial charge in [0.05, 0.1) is 11.9 Å². The maximum Gasteiger partial charge on any atom is 0.306 e. The molecule has 0 saturated heterocycles. The molecule has 0 aliphatic rings. The number of anilines is 1. The molecule has 0 aliphatic heterocycles. The Morgan fingerprint density at radius 1 is 1.11 bits per heavy atom. The molecule has 3 aromatic rings. The van der Waals surface area contributed by atoms with Gasteiger partial charge >= 0.3 is 5.97 Å². The molecule has 6 heteroatoms. The number of carbonyl (C=O) groups is 2. The van der Waals surface area contributed by atoms with E-state index in [4.69, 9.17) is 16.3 Å². The van der Waals surface area contributed by atoms with Gasteiger partial charge in [0.1, 0.15) is 0 Å². The van der Waals surface area contributed by atoms with Gasteiger partial charge < -0.3 is 10.1 Å². The Kier molecular flexibility index (Phi) is 6.04. The van der Waals surface area contributed by atoms with Crippen LogP contribution in [0.3, 0.4) is 0 Å². The SMILES string of the molecule is Cc1ccc(NC(=O)COC(=O)CCc2ccc3ccccc3n2)cc1Cl. The molecule has 1 heterocycles. The minimum atomic E-state index is -0.443. The quantitative estimate of drug-likeness (QED) is 0.645. The zero-order chi connectivity index (χ0) is 19.2. The van der Waals surface area contributed by atoms with Crippen molar-refractivity contribution in [3.8, 4) is 0 Å². The van der Waals surface area contributed by atoms with Crippen molar-refractivity contribution in [3.63, 3.8) is 0 Å². The van der Waals surface area contributed by atoms with Crippen molar-refractivity contribution in [2.45, 2.75) is 19.8 Å². The largest absolute Gasteiger partial charge is 0.456 e. The number of nitrogens with zero attached hydrogens (tertiary/aromatic N) is 1. The number of hydrogen-bond acceptors (Lipinski definition) is 4. The average Bonchev–Trinajstić information content (AvgIpc) is 2.67. The van der Waals surface area contributed by atoms with E-state index in [1.54, 1.807) is 18.2 Å². The second-order valence-electron chi connectivity index (χ2n) is 6.17. The molecular weight excluding hydrogens is 364 g/mol. The van der Waals surface area contributed by atoms with Crippen molar-refractivity contribution in [3.05, 3.63) is 70.9 Å². The number of hydrogen-bond donors (Lipinski definition) is 1. The number of ether oxygens (including phenoxy) is 1. The lowest BCUT2D eigenvalue weighted by atomic mass is 10.1. The van der Waals surface area contributed by atoms with Gasteiger partial charge in [-0.05, 0) is 36.8 Å². The van der Waals surface area contributed by atoms with Gasteiger partial charge in [-0.15, -0.1) is 0 Å². The van der Waals surface area contributed by atoms with Crippen LogP contribution in [0.25, 0.3) is 10.9 Å². The Labute approximate surface area is 162 Å². The number of esters is 1. The summed E-state index contributed by atoms with van der Waals surface area (Å²) in [5.41, 5.74) is 3.18. The number of nitrogens with one attached hydrogen (secondary N) is 1. The van der Waals surface area contributed by atoms with Crippen molar-refractivity contribution < 1.29 is 14.3 Å². The number of para-hydroxylation sites is 1. The van der Waals surface area contributed by atoms with Crippen LogP contribution in [0.1, 0.15) is 17.7 Å². The summed E-state index contributed by atoms with van der Waals surface area (Å²) in [7, 11) is 0. The van der Waals surface area contributed by atoms with Gasteiger partial charge in [-0.2, -0.15) is 0 Å². The van der Waals surface area contributed by atoms with E-state index in [1.165, 1.54) is 0 Å². The van der Waals surface area contributed by atoms with E-state index in [0.29, 0.717) is 17.1 Å². The topological polar surface area (TPSA) is 68.3 Å².